The summed E-state index contributed by atoms with van der Waals surface area (Å²) >= 11 is 7.15. The number of rotatable bonds is 11. The Bertz CT molecular complexity index is 1130. The number of hydrogen-bond acceptors (Lipinski definition) is 6. The average molecular weight is 500 g/mol. The molecule has 34 heavy (non-hydrogen) atoms. The Morgan fingerprint density at radius 3 is 2.53 bits per heavy atom. The van der Waals surface area contributed by atoms with Gasteiger partial charge in [0.1, 0.15) is 5.75 Å². The Morgan fingerprint density at radius 1 is 1.18 bits per heavy atom. The maximum Gasteiger partial charge on any atom is 0.251 e. The highest BCUT2D eigenvalue weighted by molar-refractivity contribution is 7.99. The van der Waals surface area contributed by atoms with Gasteiger partial charge in [-0.25, -0.2) is 0 Å². The molecule has 0 saturated heterocycles. The topological polar surface area (TPSA) is 98.1 Å². The number of hydrogen-bond donors (Lipinski definition) is 2. The quantitative estimate of drug-likeness (QED) is 0.292. The van der Waals surface area contributed by atoms with Crippen molar-refractivity contribution in [2.45, 2.75) is 31.6 Å². The number of aromatic nitrogens is 3. The van der Waals surface area contributed by atoms with Crippen LogP contribution in [-0.2, 0) is 11.3 Å². The number of ether oxygens (including phenoxy) is 1. The highest BCUT2D eigenvalue weighted by atomic mass is 35.5. The van der Waals surface area contributed by atoms with Gasteiger partial charge in [-0.3, -0.25) is 9.59 Å². The number of carbonyl (C=O) groups is 2. The van der Waals surface area contributed by atoms with Crippen LogP contribution in [0.3, 0.4) is 0 Å². The number of nitrogens with one attached hydrogen (secondary N) is 2. The molecule has 178 valence electrons. The number of amides is 2. The van der Waals surface area contributed by atoms with Crippen LogP contribution in [0.5, 0.6) is 5.75 Å². The van der Waals surface area contributed by atoms with Crippen LogP contribution in [0, 0.1) is 0 Å². The molecule has 0 unspecified atom stereocenters. The van der Waals surface area contributed by atoms with Crippen LogP contribution >= 0.6 is 23.4 Å². The summed E-state index contributed by atoms with van der Waals surface area (Å²) in [6, 6.07) is 13.4. The summed E-state index contributed by atoms with van der Waals surface area (Å²) < 4.78 is 7.24. The number of anilines is 1. The van der Waals surface area contributed by atoms with Gasteiger partial charge in [0, 0.05) is 22.8 Å². The standard InChI is InChI=1S/C24H26ClN5O3S/c1-4-14-30-22(16(3)26-23(32)17-6-8-18(25)9-7-17)28-29-24(30)34-15-21(31)27-19-10-12-20(13-11-19)33-5-2/h4,6-13,16H,1,5,14-15H2,2-3H3,(H,26,32)(H,27,31)/t16-/m1/s1. The lowest BCUT2D eigenvalue weighted by Gasteiger charge is -2.15. The summed E-state index contributed by atoms with van der Waals surface area (Å²) in [5, 5.41) is 15.4. The van der Waals surface area contributed by atoms with Crippen LogP contribution in [0.4, 0.5) is 5.69 Å². The molecule has 1 atom stereocenters. The van der Waals surface area contributed by atoms with Crippen LogP contribution in [-0.4, -0.2) is 38.9 Å². The largest absolute Gasteiger partial charge is 0.494 e. The normalized spacial score (nSPS) is 11.5. The predicted molar refractivity (Wildman–Crippen MR) is 135 cm³/mol. The van der Waals surface area contributed by atoms with E-state index >= 15 is 0 Å². The van der Waals surface area contributed by atoms with E-state index in [1.165, 1.54) is 11.8 Å². The lowest BCUT2D eigenvalue weighted by atomic mass is 10.2. The van der Waals surface area contributed by atoms with Gasteiger partial charge in [0.2, 0.25) is 5.91 Å². The lowest BCUT2D eigenvalue weighted by Crippen LogP contribution is -2.28. The zero-order chi connectivity index (χ0) is 24.5. The van der Waals surface area contributed by atoms with E-state index in [9.17, 15) is 9.59 Å². The maximum absolute atomic E-state index is 12.6. The van der Waals surface area contributed by atoms with Crippen molar-refractivity contribution in [3.05, 3.63) is 77.6 Å². The Hall–Kier alpha value is -3.30. The molecule has 0 saturated carbocycles. The van der Waals surface area contributed by atoms with E-state index in [2.05, 4.69) is 27.4 Å². The van der Waals surface area contributed by atoms with Crippen molar-refractivity contribution in [3.8, 4) is 5.75 Å². The van der Waals surface area contributed by atoms with Gasteiger partial charge in [-0.1, -0.05) is 29.4 Å². The fourth-order valence-electron chi connectivity index (χ4n) is 3.10. The number of nitrogens with zero attached hydrogens (tertiary/aromatic N) is 3. The van der Waals surface area contributed by atoms with E-state index < -0.39 is 6.04 Å². The van der Waals surface area contributed by atoms with Crippen molar-refractivity contribution >= 4 is 40.9 Å². The Balaban J connectivity index is 1.62. The van der Waals surface area contributed by atoms with E-state index in [0.717, 1.165) is 5.75 Å². The summed E-state index contributed by atoms with van der Waals surface area (Å²) in [5.41, 5.74) is 1.17. The Kier molecular flexibility index (Phi) is 9.12. The third-order valence-corrected chi connectivity index (χ3v) is 5.90. The highest BCUT2D eigenvalue weighted by Crippen LogP contribution is 2.22. The van der Waals surface area contributed by atoms with Crippen molar-refractivity contribution in [3.63, 3.8) is 0 Å². The molecule has 2 N–H and O–H groups in total. The zero-order valence-corrected chi connectivity index (χ0v) is 20.5. The van der Waals surface area contributed by atoms with Gasteiger partial charge in [-0.05, 0) is 62.4 Å². The van der Waals surface area contributed by atoms with E-state index in [-0.39, 0.29) is 17.6 Å². The van der Waals surface area contributed by atoms with Crippen LogP contribution in [0.1, 0.15) is 36.1 Å². The first kappa shape index (κ1) is 25.3. The minimum Gasteiger partial charge on any atom is -0.494 e. The molecule has 0 fully saturated rings. The van der Waals surface area contributed by atoms with Gasteiger partial charge in [-0.15, -0.1) is 16.8 Å². The predicted octanol–water partition coefficient (Wildman–Crippen LogP) is 4.74. The number of carbonyl (C=O) groups excluding carboxylic acids is 2. The van der Waals surface area contributed by atoms with Gasteiger partial charge in [0.25, 0.3) is 5.91 Å². The molecule has 8 nitrogen and oxygen atoms in total. The third kappa shape index (κ3) is 6.85. The molecular formula is C24H26ClN5O3S. The number of halogens is 1. The summed E-state index contributed by atoms with van der Waals surface area (Å²) in [4.78, 5) is 25.0. The third-order valence-electron chi connectivity index (χ3n) is 4.68. The molecule has 1 heterocycles. The van der Waals surface area contributed by atoms with E-state index in [4.69, 9.17) is 16.3 Å². The van der Waals surface area contributed by atoms with Gasteiger partial charge < -0.3 is 19.9 Å². The molecule has 0 aliphatic heterocycles. The molecule has 0 aliphatic carbocycles. The molecule has 3 rings (SSSR count). The molecule has 0 bridgehead atoms. The van der Waals surface area contributed by atoms with Gasteiger partial charge in [-0.2, -0.15) is 0 Å². The number of benzene rings is 2. The van der Waals surface area contributed by atoms with E-state index in [0.29, 0.717) is 40.4 Å². The van der Waals surface area contributed by atoms with E-state index in [1.54, 1.807) is 54.6 Å². The number of allylic oxidation sites excluding steroid dienone is 1. The van der Waals surface area contributed by atoms with Crippen LogP contribution in [0.15, 0.2) is 66.3 Å². The fraction of sp³-hybridized carbons (Fsp3) is 0.250. The monoisotopic (exact) mass is 499 g/mol. The molecule has 3 aromatic rings. The molecule has 10 heteroatoms. The second kappa shape index (κ2) is 12.2. The Morgan fingerprint density at radius 2 is 1.88 bits per heavy atom. The van der Waals surface area contributed by atoms with Gasteiger partial charge >= 0.3 is 0 Å². The minimum absolute atomic E-state index is 0.147. The smallest absolute Gasteiger partial charge is 0.251 e. The van der Waals surface area contributed by atoms with Crippen LogP contribution < -0.4 is 15.4 Å². The van der Waals surface area contributed by atoms with Crippen LogP contribution in [0.25, 0.3) is 0 Å². The molecule has 0 radical (unpaired) electrons. The molecule has 0 spiro atoms. The summed E-state index contributed by atoms with van der Waals surface area (Å²) in [7, 11) is 0. The average Bonchev–Trinajstić information content (AvgIpc) is 3.22. The summed E-state index contributed by atoms with van der Waals surface area (Å²) in [6.07, 6.45) is 1.71. The highest BCUT2D eigenvalue weighted by Gasteiger charge is 2.20. The van der Waals surface area contributed by atoms with Gasteiger partial charge in [0.05, 0.1) is 18.4 Å². The van der Waals surface area contributed by atoms with Crippen molar-refractivity contribution in [1.29, 1.82) is 0 Å². The van der Waals surface area contributed by atoms with Crippen molar-refractivity contribution in [1.82, 2.24) is 20.1 Å². The van der Waals surface area contributed by atoms with E-state index in [1.807, 2.05) is 18.4 Å². The summed E-state index contributed by atoms with van der Waals surface area (Å²) in [5.74, 6) is 1.04. The maximum atomic E-state index is 12.6. The van der Waals surface area contributed by atoms with Gasteiger partial charge in [0.15, 0.2) is 11.0 Å². The fourth-order valence-corrected chi connectivity index (χ4v) is 3.98. The SMILES string of the molecule is C=CCn1c(SCC(=O)Nc2ccc(OCC)cc2)nnc1[C@@H](C)NC(=O)c1ccc(Cl)cc1. The van der Waals surface area contributed by atoms with Crippen LogP contribution in [0.2, 0.25) is 5.02 Å². The zero-order valence-electron chi connectivity index (χ0n) is 19.0. The first-order valence-electron chi connectivity index (χ1n) is 10.7. The molecule has 2 amide bonds. The first-order valence-corrected chi connectivity index (χ1v) is 12.0. The van der Waals surface area contributed by atoms with Crippen molar-refractivity contribution in [2.24, 2.45) is 0 Å². The second-order valence-corrected chi connectivity index (χ2v) is 8.62. The Labute approximate surface area is 207 Å². The van der Waals surface area contributed by atoms with Crippen molar-refractivity contribution < 1.29 is 14.3 Å². The molecular weight excluding hydrogens is 474 g/mol. The molecule has 1 aromatic heterocycles. The lowest BCUT2D eigenvalue weighted by molar-refractivity contribution is -0.113. The summed E-state index contributed by atoms with van der Waals surface area (Å²) in [6.45, 7) is 8.55. The molecule has 0 aliphatic rings. The number of thioether (sulfide) groups is 1. The second-order valence-electron chi connectivity index (χ2n) is 7.24. The minimum atomic E-state index is -0.414. The first-order chi connectivity index (χ1) is 16.4. The molecule has 2 aromatic carbocycles. The van der Waals surface area contributed by atoms with Crippen molar-refractivity contribution in [2.75, 3.05) is 17.7 Å².